The van der Waals surface area contributed by atoms with E-state index in [1.165, 1.54) is 16.4 Å². The van der Waals surface area contributed by atoms with E-state index in [4.69, 9.17) is 0 Å². The predicted molar refractivity (Wildman–Crippen MR) is 63.0 cm³/mol. The molecule has 1 saturated heterocycles. The second-order valence-corrected chi connectivity index (χ2v) is 18.9. The summed E-state index contributed by atoms with van der Waals surface area (Å²) >= 11 is -0.622. The van der Waals surface area contributed by atoms with Gasteiger partial charge in [-0.3, -0.25) is 0 Å². The Hall–Kier alpha value is 0.828. The van der Waals surface area contributed by atoms with Crippen LogP contribution in [-0.2, 0) is 0 Å². The first kappa shape index (κ1) is 9.39. The average molecular weight is 276 g/mol. The van der Waals surface area contributed by atoms with Crippen molar-refractivity contribution in [2.75, 3.05) is 11.5 Å². The molecule has 0 radical (unpaired) electrons. The number of hydrogen-bond acceptors (Lipinski definition) is 3. The van der Waals surface area contributed by atoms with Crippen LogP contribution in [0.25, 0.3) is 0 Å². The van der Waals surface area contributed by atoms with Crippen molar-refractivity contribution in [3.63, 3.8) is 0 Å². The molecule has 0 spiro atoms. The first-order valence-corrected chi connectivity index (χ1v) is 13.3. The van der Waals surface area contributed by atoms with Gasteiger partial charge in [0.2, 0.25) is 0 Å². The molecule has 0 aromatic heterocycles. The summed E-state index contributed by atoms with van der Waals surface area (Å²) in [6, 6.07) is 10.8. The fraction of sp³-hybridized carbons (Fsp3) is 0.250. The van der Waals surface area contributed by atoms with Crippen LogP contribution in [0.4, 0.5) is 0 Å². The van der Waals surface area contributed by atoms with Crippen molar-refractivity contribution in [1.29, 1.82) is 0 Å². The van der Waals surface area contributed by atoms with Crippen molar-refractivity contribution in [2.24, 2.45) is 0 Å². The first-order valence-electron chi connectivity index (χ1n) is 3.74. The Morgan fingerprint density at radius 2 is 1.75 bits per heavy atom. The standard InChI is InChI=1S/C8H9AsS3/c1-2-4-8(5-3-1)12-9-10-6-7-11-9/h1-5H,6-7H2. The molecule has 4 heteroatoms. The second-order valence-electron chi connectivity index (χ2n) is 2.29. The maximum atomic E-state index is 2.22. The van der Waals surface area contributed by atoms with Crippen LogP contribution in [-0.4, -0.2) is 22.7 Å². The molecule has 1 heterocycles. The Morgan fingerprint density at radius 3 is 2.42 bits per heavy atom. The Kier molecular flexibility index (Phi) is 3.83. The quantitative estimate of drug-likeness (QED) is 0.761. The van der Waals surface area contributed by atoms with Crippen molar-refractivity contribution in [2.45, 2.75) is 4.90 Å². The Balaban J connectivity index is 1.94. The summed E-state index contributed by atoms with van der Waals surface area (Å²) in [6.45, 7) is 0. The summed E-state index contributed by atoms with van der Waals surface area (Å²) in [4.78, 5) is 1.46. The van der Waals surface area contributed by atoms with Crippen LogP contribution in [0.5, 0.6) is 0 Å². The molecule has 1 fully saturated rings. The van der Waals surface area contributed by atoms with Gasteiger partial charge in [0, 0.05) is 0 Å². The molecular weight excluding hydrogens is 267 g/mol. The van der Waals surface area contributed by atoms with Crippen LogP contribution in [0.1, 0.15) is 0 Å². The molecule has 0 unspecified atom stereocenters. The molecule has 1 aliphatic heterocycles. The Bertz CT molecular complexity index is 233. The Labute approximate surface area is 87.5 Å². The molecule has 0 bridgehead atoms. The number of hydrogen-bond donors (Lipinski definition) is 0. The van der Waals surface area contributed by atoms with Crippen molar-refractivity contribution >= 4 is 41.3 Å². The third-order valence-electron chi connectivity index (χ3n) is 1.40. The molecule has 64 valence electrons. The van der Waals surface area contributed by atoms with Gasteiger partial charge in [0.05, 0.1) is 0 Å². The molecule has 1 aromatic carbocycles. The summed E-state index contributed by atoms with van der Waals surface area (Å²) in [5.74, 6) is 2.76. The Morgan fingerprint density at radius 1 is 1.08 bits per heavy atom. The fourth-order valence-electron chi connectivity index (χ4n) is 0.881. The van der Waals surface area contributed by atoms with Gasteiger partial charge in [0.15, 0.2) is 0 Å². The van der Waals surface area contributed by atoms with E-state index < -0.39 is 11.2 Å². The molecule has 12 heavy (non-hydrogen) atoms. The predicted octanol–water partition coefficient (Wildman–Crippen LogP) is 3.24. The van der Waals surface area contributed by atoms with Gasteiger partial charge in [-0.05, 0) is 0 Å². The average Bonchev–Trinajstić information content (AvgIpc) is 2.59. The molecule has 0 aliphatic carbocycles. The van der Waals surface area contributed by atoms with E-state index in [1.807, 2.05) is 0 Å². The van der Waals surface area contributed by atoms with Crippen molar-refractivity contribution < 1.29 is 0 Å². The zero-order valence-electron chi connectivity index (χ0n) is 6.47. The normalized spacial score (nSPS) is 18.3. The van der Waals surface area contributed by atoms with Crippen LogP contribution in [0.3, 0.4) is 0 Å². The first-order chi connectivity index (χ1) is 5.95. The molecule has 1 aromatic rings. The van der Waals surface area contributed by atoms with Gasteiger partial charge >= 0.3 is 88.0 Å². The molecule has 0 nitrogen and oxygen atoms in total. The van der Waals surface area contributed by atoms with Gasteiger partial charge in [0.1, 0.15) is 0 Å². The van der Waals surface area contributed by atoms with Crippen LogP contribution in [0.15, 0.2) is 35.2 Å². The fourth-order valence-corrected chi connectivity index (χ4v) is 20.2. The third-order valence-corrected chi connectivity index (χ3v) is 19.6. The molecule has 0 amide bonds. The summed E-state index contributed by atoms with van der Waals surface area (Å²) in [6.07, 6.45) is 0. The number of rotatable bonds is 2. The van der Waals surface area contributed by atoms with Crippen molar-refractivity contribution in [1.82, 2.24) is 0 Å². The zero-order valence-corrected chi connectivity index (χ0v) is 10.8. The van der Waals surface area contributed by atoms with Gasteiger partial charge < -0.3 is 0 Å². The van der Waals surface area contributed by atoms with E-state index in [9.17, 15) is 0 Å². The summed E-state index contributed by atoms with van der Waals surface area (Å²) in [5.41, 5.74) is 0. The summed E-state index contributed by atoms with van der Waals surface area (Å²) in [5, 5.41) is 0. The second kappa shape index (κ2) is 4.90. The SMILES string of the molecule is c1ccc(S[As]2SCCS2)cc1. The molecule has 1 aliphatic rings. The molecule has 0 N–H and O–H groups in total. The van der Waals surface area contributed by atoms with Gasteiger partial charge in [-0.15, -0.1) is 0 Å². The minimum atomic E-state index is -0.622. The monoisotopic (exact) mass is 276 g/mol. The molecule has 0 saturated carbocycles. The topological polar surface area (TPSA) is 0 Å². The zero-order chi connectivity index (χ0) is 8.23. The van der Waals surface area contributed by atoms with E-state index in [-0.39, 0.29) is 0 Å². The van der Waals surface area contributed by atoms with Crippen molar-refractivity contribution in [3.05, 3.63) is 30.3 Å². The van der Waals surface area contributed by atoms with Gasteiger partial charge in [-0.25, -0.2) is 0 Å². The van der Waals surface area contributed by atoms with E-state index >= 15 is 0 Å². The van der Waals surface area contributed by atoms with Gasteiger partial charge in [0.25, 0.3) is 0 Å². The third kappa shape index (κ3) is 2.66. The van der Waals surface area contributed by atoms with Crippen LogP contribution in [0.2, 0.25) is 0 Å². The van der Waals surface area contributed by atoms with Crippen molar-refractivity contribution in [3.8, 4) is 0 Å². The maximum absolute atomic E-state index is 2.22. The molecular formula is C8H9AsS3. The molecule has 0 atom stereocenters. The van der Waals surface area contributed by atoms with Gasteiger partial charge in [-0.2, -0.15) is 0 Å². The van der Waals surface area contributed by atoms with E-state index in [1.54, 1.807) is 0 Å². The van der Waals surface area contributed by atoms with Gasteiger partial charge in [-0.1, -0.05) is 0 Å². The minimum absolute atomic E-state index is 0.622. The van der Waals surface area contributed by atoms with E-state index in [0.29, 0.717) is 0 Å². The van der Waals surface area contributed by atoms with Crippen LogP contribution >= 0.6 is 30.1 Å². The summed E-state index contributed by atoms with van der Waals surface area (Å²) in [7, 11) is 6.54. The van der Waals surface area contributed by atoms with Crippen LogP contribution < -0.4 is 0 Å². The van der Waals surface area contributed by atoms with E-state index in [0.717, 1.165) is 0 Å². The van der Waals surface area contributed by atoms with E-state index in [2.05, 4.69) is 60.4 Å². The number of benzene rings is 1. The van der Waals surface area contributed by atoms with Crippen LogP contribution in [0, 0.1) is 0 Å². The molecule has 2 rings (SSSR count). The summed E-state index contributed by atoms with van der Waals surface area (Å²) < 4.78 is 0.